The van der Waals surface area contributed by atoms with Gasteiger partial charge in [0.15, 0.2) is 6.20 Å². The van der Waals surface area contributed by atoms with Gasteiger partial charge in [-0.1, -0.05) is 23.5 Å². The summed E-state index contributed by atoms with van der Waals surface area (Å²) in [5, 5.41) is 3.62. The highest BCUT2D eigenvalue weighted by Gasteiger charge is 2.29. The highest BCUT2D eigenvalue weighted by molar-refractivity contribution is 7.09. The van der Waals surface area contributed by atoms with E-state index in [1.165, 1.54) is 16.4 Å². The second-order valence-corrected chi connectivity index (χ2v) is 5.31. The molecule has 3 heteroatoms. The molecule has 2 heterocycles. The fraction of sp³-hybridized carbons (Fsp3) is 0.308. The molecule has 0 spiro atoms. The van der Waals surface area contributed by atoms with Gasteiger partial charge in [0.1, 0.15) is 5.69 Å². The minimum absolute atomic E-state index is 0.581. The minimum atomic E-state index is 0.581. The summed E-state index contributed by atoms with van der Waals surface area (Å²) in [6, 6.07) is 8.61. The van der Waals surface area contributed by atoms with Gasteiger partial charge in [0.2, 0.25) is 10.7 Å². The molecule has 82 valence electrons. The van der Waals surface area contributed by atoms with E-state index in [0.29, 0.717) is 5.92 Å². The Hall–Kier alpha value is -1.35. The van der Waals surface area contributed by atoms with E-state index in [0.717, 1.165) is 6.54 Å². The Kier molecular flexibility index (Phi) is 2.21. The minimum Gasteiger partial charge on any atom is -0.368 e. The molecule has 0 bridgehead atoms. The molecule has 0 amide bonds. The van der Waals surface area contributed by atoms with E-state index < -0.39 is 0 Å². The highest BCUT2D eigenvalue weighted by Crippen LogP contribution is 2.29. The number of hydrogen-bond donors (Lipinski definition) is 0. The molecule has 0 saturated heterocycles. The maximum absolute atomic E-state index is 2.35. The van der Waals surface area contributed by atoms with Crippen molar-refractivity contribution >= 4 is 17.0 Å². The van der Waals surface area contributed by atoms with Crippen molar-refractivity contribution in [3.8, 4) is 5.69 Å². The third-order valence-corrected chi connectivity index (χ3v) is 4.26. The van der Waals surface area contributed by atoms with Gasteiger partial charge in [-0.15, -0.1) is 0 Å². The van der Waals surface area contributed by atoms with Crippen LogP contribution >= 0.6 is 11.3 Å². The molecule has 1 aromatic carbocycles. The van der Waals surface area contributed by atoms with Crippen molar-refractivity contribution in [2.45, 2.75) is 12.8 Å². The molecular weight excluding hydrogens is 216 g/mol. The molecule has 2 nitrogen and oxygen atoms in total. The zero-order valence-electron chi connectivity index (χ0n) is 9.55. The second-order valence-electron chi connectivity index (χ2n) is 4.38. The van der Waals surface area contributed by atoms with Gasteiger partial charge in [0, 0.05) is 19.7 Å². The van der Waals surface area contributed by atoms with Crippen LogP contribution in [0.1, 0.15) is 17.8 Å². The Labute approximate surface area is 99.8 Å². The van der Waals surface area contributed by atoms with Gasteiger partial charge in [0.05, 0.1) is 11.3 Å². The van der Waals surface area contributed by atoms with E-state index in [1.54, 1.807) is 0 Å². The van der Waals surface area contributed by atoms with E-state index in [9.17, 15) is 0 Å². The van der Waals surface area contributed by atoms with Crippen LogP contribution in [-0.2, 0) is 0 Å². The maximum atomic E-state index is 2.35. The Balaban J connectivity index is 2.28. The van der Waals surface area contributed by atoms with Crippen LogP contribution in [0.5, 0.6) is 0 Å². The number of hydrogen-bond acceptors (Lipinski definition) is 2. The number of anilines is 1. The first-order valence-electron chi connectivity index (χ1n) is 5.57. The lowest BCUT2D eigenvalue weighted by molar-refractivity contribution is -0.598. The summed E-state index contributed by atoms with van der Waals surface area (Å²) in [5.74, 6) is 0.581. The standard InChI is InChI=1S/C13H15N2S/c1-10-9-14(2)11-5-3-4-6-12(11)15-7-8-16-13(10)15/h3-8,10H,9H2,1-2H3/q+1/t10-/m1/s1. The van der Waals surface area contributed by atoms with Crippen LogP contribution in [-0.4, -0.2) is 13.6 Å². The fourth-order valence-corrected chi connectivity index (χ4v) is 3.32. The van der Waals surface area contributed by atoms with Gasteiger partial charge in [-0.2, -0.15) is 4.57 Å². The Bertz CT molecular complexity index is 518. The van der Waals surface area contributed by atoms with Gasteiger partial charge >= 0.3 is 0 Å². The number of benzene rings is 1. The van der Waals surface area contributed by atoms with Crippen LogP contribution in [0, 0.1) is 0 Å². The van der Waals surface area contributed by atoms with Crippen LogP contribution in [0.2, 0.25) is 0 Å². The van der Waals surface area contributed by atoms with Crippen molar-refractivity contribution in [3.05, 3.63) is 40.8 Å². The second kappa shape index (κ2) is 3.59. The molecule has 16 heavy (non-hydrogen) atoms. The molecule has 2 aromatic rings. The van der Waals surface area contributed by atoms with Crippen molar-refractivity contribution in [1.29, 1.82) is 0 Å². The number of likely N-dealkylation sites (N-methyl/N-ethyl adjacent to an activating group) is 1. The third kappa shape index (κ3) is 1.35. The molecule has 0 N–H and O–H groups in total. The summed E-state index contributed by atoms with van der Waals surface area (Å²) in [7, 11) is 2.17. The van der Waals surface area contributed by atoms with Crippen LogP contribution in [0.25, 0.3) is 5.69 Å². The van der Waals surface area contributed by atoms with Crippen LogP contribution in [0.3, 0.4) is 0 Å². The van der Waals surface area contributed by atoms with E-state index in [4.69, 9.17) is 0 Å². The average molecular weight is 231 g/mol. The molecule has 0 fully saturated rings. The summed E-state index contributed by atoms with van der Waals surface area (Å²) in [6.45, 7) is 3.38. The average Bonchev–Trinajstić information content (AvgIpc) is 2.74. The molecule has 0 aliphatic carbocycles. The topological polar surface area (TPSA) is 7.12 Å². The van der Waals surface area contributed by atoms with E-state index in [2.05, 4.69) is 59.3 Å². The van der Waals surface area contributed by atoms with Crippen LogP contribution in [0.4, 0.5) is 5.69 Å². The third-order valence-electron chi connectivity index (χ3n) is 3.16. The Morgan fingerprint density at radius 2 is 2.19 bits per heavy atom. The van der Waals surface area contributed by atoms with E-state index >= 15 is 0 Å². The lowest BCUT2D eigenvalue weighted by atomic mass is 10.2. The zero-order chi connectivity index (χ0) is 11.1. The summed E-state index contributed by atoms with van der Waals surface area (Å²) in [4.78, 5) is 2.35. The Morgan fingerprint density at radius 1 is 1.38 bits per heavy atom. The first-order valence-corrected chi connectivity index (χ1v) is 6.45. The number of fused-ring (bicyclic) bond motifs is 3. The largest absolute Gasteiger partial charge is 0.368 e. The first kappa shape index (κ1) is 9.85. The molecule has 1 aromatic heterocycles. The molecule has 1 atom stereocenters. The Morgan fingerprint density at radius 3 is 3.06 bits per heavy atom. The summed E-state index contributed by atoms with van der Waals surface area (Å²) < 4.78 is 2.33. The van der Waals surface area contributed by atoms with Crippen LogP contribution < -0.4 is 9.47 Å². The number of nitrogens with zero attached hydrogens (tertiary/aromatic N) is 2. The van der Waals surface area contributed by atoms with Gasteiger partial charge in [-0.05, 0) is 13.0 Å². The van der Waals surface area contributed by atoms with Crippen molar-refractivity contribution in [2.75, 3.05) is 18.5 Å². The summed E-state index contributed by atoms with van der Waals surface area (Å²) in [6.07, 6.45) is 2.18. The van der Waals surface area contributed by atoms with Gasteiger partial charge in [-0.25, -0.2) is 0 Å². The summed E-state index contributed by atoms with van der Waals surface area (Å²) >= 11 is 1.85. The SMILES string of the molecule is C[C@@H]1CN(C)c2ccccc2-[n+]2ccsc21. The number of aromatic nitrogens is 1. The smallest absolute Gasteiger partial charge is 0.247 e. The fourth-order valence-electron chi connectivity index (χ4n) is 2.42. The van der Waals surface area contributed by atoms with E-state index in [-0.39, 0.29) is 0 Å². The number of thiazole rings is 1. The van der Waals surface area contributed by atoms with Crippen molar-refractivity contribution in [1.82, 2.24) is 0 Å². The molecule has 0 saturated carbocycles. The molecular formula is C13H15N2S+. The normalized spacial score (nSPS) is 18.9. The van der Waals surface area contributed by atoms with Crippen molar-refractivity contribution in [2.24, 2.45) is 0 Å². The molecule has 3 rings (SSSR count). The zero-order valence-corrected chi connectivity index (χ0v) is 10.4. The van der Waals surface area contributed by atoms with Crippen molar-refractivity contribution < 1.29 is 4.57 Å². The quantitative estimate of drug-likeness (QED) is 0.632. The number of rotatable bonds is 0. The predicted octanol–water partition coefficient (Wildman–Crippen LogP) is 2.58. The van der Waals surface area contributed by atoms with Gasteiger partial charge in [0.25, 0.3) is 0 Å². The van der Waals surface area contributed by atoms with Crippen molar-refractivity contribution in [3.63, 3.8) is 0 Å². The first-order chi connectivity index (χ1) is 7.77. The number of para-hydroxylation sites is 2. The lowest BCUT2D eigenvalue weighted by Gasteiger charge is -2.17. The molecule has 1 aliphatic rings. The molecule has 1 aliphatic heterocycles. The van der Waals surface area contributed by atoms with Gasteiger partial charge < -0.3 is 4.90 Å². The highest BCUT2D eigenvalue weighted by atomic mass is 32.1. The van der Waals surface area contributed by atoms with Gasteiger partial charge in [-0.3, -0.25) is 0 Å². The molecule has 0 radical (unpaired) electrons. The maximum Gasteiger partial charge on any atom is 0.247 e. The monoisotopic (exact) mass is 231 g/mol. The lowest BCUT2D eigenvalue weighted by Crippen LogP contribution is -2.32. The van der Waals surface area contributed by atoms with E-state index in [1.807, 2.05) is 11.3 Å². The summed E-state index contributed by atoms with van der Waals surface area (Å²) in [5.41, 5.74) is 2.61. The predicted molar refractivity (Wildman–Crippen MR) is 67.5 cm³/mol. The van der Waals surface area contributed by atoms with Crippen LogP contribution in [0.15, 0.2) is 35.8 Å². The molecule has 0 unspecified atom stereocenters.